The van der Waals surface area contributed by atoms with Crippen molar-refractivity contribution in [2.75, 3.05) is 13.2 Å². The van der Waals surface area contributed by atoms with Gasteiger partial charge in [0.25, 0.3) is 0 Å². The number of nitrogens with two attached hydrogens (primary N) is 1. The van der Waals surface area contributed by atoms with Gasteiger partial charge in [-0.2, -0.15) is 0 Å². The van der Waals surface area contributed by atoms with Crippen molar-refractivity contribution in [3.05, 3.63) is 35.4 Å². The highest BCUT2D eigenvalue weighted by Gasteiger charge is 2.22. The number of benzene rings is 1. The molecule has 1 saturated heterocycles. The minimum atomic E-state index is 0.304. The fourth-order valence-corrected chi connectivity index (χ4v) is 2.15. The van der Waals surface area contributed by atoms with Gasteiger partial charge in [0.2, 0.25) is 0 Å². The van der Waals surface area contributed by atoms with Gasteiger partial charge in [-0.1, -0.05) is 24.3 Å². The van der Waals surface area contributed by atoms with Crippen molar-refractivity contribution in [1.29, 1.82) is 0 Å². The molecule has 0 bridgehead atoms. The van der Waals surface area contributed by atoms with E-state index in [2.05, 4.69) is 31.2 Å². The van der Waals surface area contributed by atoms with Gasteiger partial charge >= 0.3 is 0 Å². The Labute approximate surface area is 91.4 Å². The highest BCUT2D eigenvalue weighted by atomic mass is 16.5. The van der Waals surface area contributed by atoms with Gasteiger partial charge in [-0.15, -0.1) is 0 Å². The van der Waals surface area contributed by atoms with Crippen LogP contribution in [0.3, 0.4) is 0 Å². The zero-order valence-corrected chi connectivity index (χ0v) is 9.28. The Kier molecular flexibility index (Phi) is 3.39. The molecule has 1 aliphatic rings. The van der Waals surface area contributed by atoms with E-state index in [9.17, 15) is 0 Å². The molecule has 0 radical (unpaired) electrons. The Balaban J connectivity index is 2.04. The first-order chi connectivity index (χ1) is 7.27. The number of rotatable bonds is 2. The van der Waals surface area contributed by atoms with E-state index >= 15 is 0 Å². The van der Waals surface area contributed by atoms with Gasteiger partial charge in [0.15, 0.2) is 0 Å². The van der Waals surface area contributed by atoms with Crippen LogP contribution in [0, 0.1) is 12.8 Å². The standard InChI is InChI=1S/C13H19NO/c1-10-4-2-3-5-11(10)8-12-9-15-7-6-13(12)14/h2-5,12-13H,6-9,14H2,1H3/t12-,13-/m0/s1. The molecule has 0 spiro atoms. The topological polar surface area (TPSA) is 35.2 Å². The quantitative estimate of drug-likeness (QED) is 0.800. The summed E-state index contributed by atoms with van der Waals surface area (Å²) in [4.78, 5) is 0. The van der Waals surface area contributed by atoms with Crippen LogP contribution in [-0.4, -0.2) is 19.3 Å². The normalized spacial score (nSPS) is 26.5. The molecule has 2 N–H and O–H groups in total. The highest BCUT2D eigenvalue weighted by Crippen LogP contribution is 2.20. The molecule has 82 valence electrons. The first-order valence-corrected chi connectivity index (χ1v) is 5.65. The van der Waals surface area contributed by atoms with Crippen molar-refractivity contribution >= 4 is 0 Å². The Bertz CT molecular complexity index is 324. The van der Waals surface area contributed by atoms with E-state index < -0.39 is 0 Å². The number of aryl methyl sites for hydroxylation is 1. The second-order valence-electron chi connectivity index (χ2n) is 4.42. The first kappa shape index (κ1) is 10.7. The third-order valence-corrected chi connectivity index (χ3v) is 3.28. The molecule has 2 nitrogen and oxygen atoms in total. The molecule has 2 rings (SSSR count). The van der Waals surface area contributed by atoms with Crippen LogP contribution in [0.5, 0.6) is 0 Å². The summed E-state index contributed by atoms with van der Waals surface area (Å²) >= 11 is 0. The van der Waals surface area contributed by atoms with Crippen LogP contribution in [0.1, 0.15) is 17.5 Å². The fraction of sp³-hybridized carbons (Fsp3) is 0.538. The first-order valence-electron chi connectivity index (χ1n) is 5.65. The molecule has 1 fully saturated rings. The Morgan fingerprint density at radius 1 is 1.40 bits per heavy atom. The second kappa shape index (κ2) is 4.77. The van der Waals surface area contributed by atoms with Gasteiger partial charge in [0, 0.05) is 18.6 Å². The highest BCUT2D eigenvalue weighted by molar-refractivity contribution is 5.26. The lowest BCUT2D eigenvalue weighted by Gasteiger charge is -2.29. The van der Waals surface area contributed by atoms with Crippen LogP contribution < -0.4 is 5.73 Å². The van der Waals surface area contributed by atoms with E-state index in [0.29, 0.717) is 12.0 Å². The molecule has 15 heavy (non-hydrogen) atoms. The summed E-state index contributed by atoms with van der Waals surface area (Å²) < 4.78 is 5.48. The summed E-state index contributed by atoms with van der Waals surface area (Å²) in [5.74, 6) is 0.486. The lowest BCUT2D eigenvalue weighted by molar-refractivity contribution is 0.0422. The lowest BCUT2D eigenvalue weighted by Crippen LogP contribution is -2.39. The molecule has 2 heteroatoms. The smallest absolute Gasteiger partial charge is 0.0512 e. The lowest BCUT2D eigenvalue weighted by atomic mass is 9.89. The molecule has 0 amide bonds. The molecular weight excluding hydrogens is 186 g/mol. The van der Waals surface area contributed by atoms with E-state index in [4.69, 9.17) is 10.5 Å². The van der Waals surface area contributed by atoms with Gasteiger partial charge in [0.1, 0.15) is 0 Å². The molecule has 0 aromatic heterocycles. The molecule has 0 unspecified atom stereocenters. The van der Waals surface area contributed by atoms with E-state index in [1.165, 1.54) is 11.1 Å². The van der Waals surface area contributed by atoms with Crippen molar-refractivity contribution in [3.8, 4) is 0 Å². The van der Waals surface area contributed by atoms with E-state index in [1.54, 1.807) is 0 Å². The Hall–Kier alpha value is -0.860. The number of ether oxygens (including phenoxy) is 1. The van der Waals surface area contributed by atoms with Gasteiger partial charge in [0.05, 0.1) is 6.61 Å². The fourth-order valence-electron chi connectivity index (χ4n) is 2.15. The van der Waals surface area contributed by atoms with Crippen LogP contribution in [0.4, 0.5) is 0 Å². The maximum absolute atomic E-state index is 6.10. The maximum atomic E-state index is 6.10. The monoisotopic (exact) mass is 205 g/mol. The van der Waals surface area contributed by atoms with Crippen molar-refractivity contribution in [3.63, 3.8) is 0 Å². The summed E-state index contributed by atoms with van der Waals surface area (Å²) in [6, 6.07) is 8.83. The summed E-state index contributed by atoms with van der Waals surface area (Å²) in [6.07, 6.45) is 2.05. The average molecular weight is 205 g/mol. The third kappa shape index (κ3) is 2.58. The van der Waals surface area contributed by atoms with E-state index in [0.717, 1.165) is 26.1 Å². The summed E-state index contributed by atoms with van der Waals surface area (Å²) in [7, 11) is 0. The summed E-state index contributed by atoms with van der Waals surface area (Å²) in [6.45, 7) is 3.80. The van der Waals surface area contributed by atoms with Crippen LogP contribution in [-0.2, 0) is 11.2 Å². The Morgan fingerprint density at radius 3 is 2.93 bits per heavy atom. The summed E-state index contributed by atoms with van der Waals surface area (Å²) in [5.41, 5.74) is 8.86. The van der Waals surface area contributed by atoms with Crippen molar-refractivity contribution in [1.82, 2.24) is 0 Å². The molecule has 0 saturated carbocycles. The van der Waals surface area contributed by atoms with Crippen molar-refractivity contribution in [2.45, 2.75) is 25.8 Å². The van der Waals surface area contributed by atoms with Crippen molar-refractivity contribution in [2.24, 2.45) is 11.7 Å². The van der Waals surface area contributed by atoms with Gasteiger partial charge < -0.3 is 10.5 Å². The average Bonchev–Trinajstić information content (AvgIpc) is 2.24. The van der Waals surface area contributed by atoms with Gasteiger partial charge in [-0.25, -0.2) is 0 Å². The second-order valence-corrected chi connectivity index (χ2v) is 4.42. The zero-order chi connectivity index (χ0) is 10.7. The largest absolute Gasteiger partial charge is 0.381 e. The molecule has 1 aromatic carbocycles. The molecule has 1 aromatic rings. The van der Waals surface area contributed by atoms with E-state index in [-0.39, 0.29) is 0 Å². The molecular formula is C13H19NO. The van der Waals surface area contributed by atoms with Crippen molar-refractivity contribution < 1.29 is 4.74 Å². The molecule has 1 heterocycles. The SMILES string of the molecule is Cc1ccccc1C[C@H]1COCC[C@@H]1N. The Morgan fingerprint density at radius 2 is 2.20 bits per heavy atom. The molecule has 0 aliphatic carbocycles. The molecule has 2 atom stereocenters. The number of hydrogen-bond acceptors (Lipinski definition) is 2. The summed E-state index contributed by atoms with van der Waals surface area (Å²) in [5, 5.41) is 0. The van der Waals surface area contributed by atoms with E-state index in [1.807, 2.05) is 0 Å². The van der Waals surface area contributed by atoms with Crippen LogP contribution >= 0.6 is 0 Å². The predicted molar refractivity (Wildman–Crippen MR) is 61.8 cm³/mol. The van der Waals surface area contributed by atoms with Crippen LogP contribution in [0.2, 0.25) is 0 Å². The molecule has 1 aliphatic heterocycles. The van der Waals surface area contributed by atoms with Crippen LogP contribution in [0.25, 0.3) is 0 Å². The zero-order valence-electron chi connectivity index (χ0n) is 9.28. The predicted octanol–water partition coefficient (Wildman–Crippen LogP) is 1.90. The third-order valence-electron chi connectivity index (χ3n) is 3.28. The van der Waals surface area contributed by atoms with Gasteiger partial charge in [-0.3, -0.25) is 0 Å². The minimum Gasteiger partial charge on any atom is -0.381 e. The number of hydrogen-bond donors (Lipinski definition) is 1. The minimum absolute atomic E-state index is 0.304. The van der Waals surface area contributed by atoms with Crippen LogP contribution in [0.15, 0.2) is 24.3 Å². The van der Waals surface area contributed by atoms with Gasteiger partial charge in [-0.05, 0) is 30.9 Å². The maximum Gasteiger partial charge on any atom is 0.0512 e.